The molecule has 0 aliphatic heterocycles. The van der Waals surface area contributed by atoms with Gasteiger partial charge in [0.25, 0.3) is 0 Å². The van der Waals surface area contributed by atoms with Crippen LogP contribution in [-0.2, 0) is 14.3 Å². The predicted molar refractivity (Wildman–Crippen MR) is 61.1 cm³/mol. The van der Waals surface area contributed by atoms with Crippen LogP contribution in [0.3, 0.4) is 0 Å². The van der Waals surface area contributed by atoms with Gasteiger partial charge in [-0.05, 0) is 32.1 Å². The quantitative estimate of drug-likeness (QED) is 0.694. The van der Waals surface area contributed by atoms with Gasteiger partial charge in [-0.15, -0.1) is 0 Å². The largest absolute Gasteiger partial charge is 0.462 e. The highest BCUT2D eigenvalue weighted by molar-refractivity contribution is 5.72. The molecule has 2 saturated carbocycles. The molecule has 0 aromatic heterocycles. The van der Waals surface area contributed by atoms with Crippen molar-refractivity contribution in [3.8, 4) is 0 Å². The number of carbonyl (C=O) groups excluding carboxylic acids is 1. The molecular weight excluding hydrogens is 204 g/mol. The molecule has 0 aromatic rings. The minimum Gasteiger partial charge on any atom is -0.462 e. The molecule has 0 N–H and O–H groups in total. The Morgan fingerprint density at radius 2 is 1.69 bits per heavy atom. The first-order chi connectivity index (χ1) is 7.79. The molecular formula is C13H22O3. The highest BCUT2D eigenvalue weighted by Crippen LogP contribution is 2.29. The average Bonchev–Trinajstić information content (AvgIpc) is 2.83. The number of esters is 1. The maximum Gasteiger partial charge on any atom is 0.309 e. The molecule has 2 aliphatic carbocycles. The van der Waals surface area contributed by atoms with Crippen LogP contribution in [0.1, 0.15) is 51.4 Å². The number of ether oxygens (including phenoxy) is 2. The Morgan fingerprint density at radius 3 is 2.38 bits per heavy atom. The van der Waals surface area contributed by atoms with Crippen molar-refractivity contribution in [2.75, 3.05) is 7.11 Å². The Kier molecular flexibility index (Phi) is 4.22. The summed E-state index contributed by atoms with van der Waals surface area (Å²) in [6, 6.07) is 0. The Bertz CT molecular complexity index is 233. The molecule has 0 spiro atoms. The second-order valence-corrected chi connectivity index (χ2v) is 5.06. The van der Waals surface area contributed by atoms with Crippen LogP contribution in [0.25, 0.3) is 0 Å². The van der Waals surface area contributed by atoms with Gasteiger partial charge in [0.05, 0.1) is 12.0 Å². The van der Waals surface area contributed by atoms with Crippen LogP contribution in [-0.4, -0.2) is 25.3 Å². The molecule has 0 saturated heterocycles. The van der Waals surface area contributed by atoms with Crippen molar-refractivity contribution < 1.29 is 14.3 Å². The Labute approximate surface area is 97.5 Å². The highest BCUT2D eigenvalue weighted by Gasteiger charge is 2.29. The SMILES string of the molecule is COC1CCCC(OC(=O)C2CCCC2)C1. The summed E-state index contributed by atoms with van der Waals surface area (Å²) in [5.74, 6) is 0.224. The first-order valence-corrected chi connectivity index (χ1v) is 6.53. The van der Waals surface area contributed by atoms with E-state index in [1.165, 1.54) is 12.8 Å². The average molecular weight is 226 g/mol. The summed E-state index contributed by atoms with van der Waals surface area (Å²) in [4.78, 5) is 11.8. The lowest BCUT2D eigenvalue weighted by Crippen LogP contribution is -2.31. The first kappa shape index (κ1) is 11.9. The van der Waals surface area contributed by atoms with Crippen LogP contribution in [0.5, 0.6) is 0 Å². The van der Waals surface area contributed by atoms with Gasteiger partial charge in [-0.25, -0.2) is 0 Å². The standard InChI is InChI=1S/C13H22O3/c1-15-11-7-4-8-12(9-11)16-13(14)10-5-2-3-6-10/h10-12H,2-9H2,1H3. The van der Waals surface area contributed by atoms with Crippen molar-refractivity contribution in [3.63, 3.8) is 0 Å². The number of hydrogen-bond donors (Lipinski definition) is 0. The summed E-state index contributed by atoms with van der Waals surface area (Å²) in [7, 11) is 1.74. The van der Waals surface area contributed by atoms with Gasteiger partial charge in [-0.2, -0.15) is 0 Å². The van der Waals surface area contributed by atoms with E-state index < -0.39 is 0 Å². The Hall–Kier alpha value is -0.570. The molecule has 3 nitrogen and oxygen atoms in total. The normalized spacial score (nSPS) is 31.6. The summed E-state index contributed by atoms with van der Waals surface area (Å²) in [6.45, 7) is 0. The highest BCUT2D eigenvalue weighted by atomic mass is 16.5. The zero-order valence-corrected chi connectivity index (χ0v) is 10.1. The van der Waals surface area contributed by atoms with Crippen molar-refractivity contribution in [2.45, 2.75) is 63.6 Å². The third-order valence-corrected chi connectivity index (χ3v) is 3.88. The Morgan fingerprint density at radius 1 is 1.00 bits per heavy atom. The smallest absolute Gasteiger partial charge is 0.309 e. The Balaban J connectivity index is 1.77. The van der Waals surface area contributed by atoms with Crippen molar-refractivity contribution in [1.82, 2.24) is 0 Å². The van der Waals surface area contributed by atoms with E-state index in [4.69, 9.17) is 9.47 Å². The number of methoxy groups -OCH3 is 1. The lowest BCUT2D eigenvalue weighted by molar-refractivity contribution is -0.157. The van der Waals surface area contributed by atoms with Gasteiger partial charge in [0.15, 0.2) is 0 Å². The maximum atomic E-state index is 11.8. The zero-order chi connectivity index (χ0) is 11.4. The molecule has 2 atom stereocenters. The molecule has 0 amide bonds. The molecule has 92 valence electrons. The molecule has 16 heavy (non-hydrogen) atoms. The van der Waals surface area contributed by atoms with Gasteiger partial charge >= 0.3 is 5.97 Å². The van der Waals surface area contributed by atoms with E-state index >= 15 is 0 Å². The minimum absolute atomic E-state index is 0.0410. The fraction of sp³-hybridized carbons (Fsp3) is 0.923. The van der Waals surface area contributed by atoms with Crippen LogP contribution in [0.2, 0.25) is 0 Å². The van der Waals surface area contributed by atoms with Gasteiger partial charge in [0.2, 0.25) is 0 Å². The van der Waals surface area contributed by atoms with Crippen molar-refractivity contribution in [1.29, 1.82) is 0 Å². The minimum atomic E-state index is 0.0410. The zero-order valence-electron chi connectivity index (χ0n) is 10.1. The van der Waals surface area contributed by atoms with Crippen LogP contribution in [0.4, 0.5) is 0 Å². The maximum absolute atomic E-state index is 11.8. The van der Waals surface area contributed by atoms with Gasteiger partial charge in [0, 0.05) is 13.5 Å². The van der Waals surface area contributed by atoms with Crippen LogP contribution >= 0.6 is 0 Å². The van der Waals surface area contributed by atoms with E-state index in [1.807, 2.05) is 0 Å². The second kappa shape index (κ2) is 5.67. The van der Waals surface area contributed by atoms with Gasteiger partial charge in [-0.3, -0.25) is 4.79 Å². The third-order valence-electron chi connectivity index (χ3n) is 3.88. The molecule has 0 bridgehead atoms. The van der Waals surface area contributed by atoms with E-state index in [0.717, 1.165) is 38.5 Å². The van der Waals surface area contributed by atoms with Crippen molar-refractivity contribution in [3.05, 3.63) is 0 Å². The summed E-state index contributed by atoms with van der Waals surface area (Å²) in [5.41, 5.74) is 0. The number of carbonyl (C=O) groups is 1. The van der Waals surface area contributed by atoms with Gasteiger partial charge in [-0.1, -0.05) is 12.8 Å². The predicted octanol–water partition coefficient (Wildman–Crippen LogP) is 2.68. The first-order valence-electron chi connectivity index (χ1n) is 6.53. The fourth-order valence-corrected chi connectivity index (χ4v) is 2.85. The summed E-state index contributed by atoms with van der Waals surface area (Å²) < 4.78 is 10.9. The van der Waals surface area contributed by atoms with Crippen molar-refractivity contribution >= 4 is 5.97 Å². The fourth-order valence-electron chi connectivity index (χ4n) is 2.85. The molecule has 0 heterocycles. The molecule has 0 aromatic carbocycles. The summed E-state index contributed by atoms with van der Waals surface area (Å²) in [5, 5.41) is 0. The molecule has 0 radical (unpaired) electrons. The second-order valence-electron chi connectivity index (χ2n) is 5.06. The molecule has 2 fully saturated rings. The van der Waals surface area contributed by atoms with E-state index in [-0.39, 0.29) is 24.1 Å². The van der Waals surface area contributed by atoms with E-state index in [9.17, 15) is 4.79 Å². The van der Waals surface area contributed by atoms with Crippen LogP contribution in [0, 0.1) is 5.92 Å². The number of hydrogen-bond acceptors (Lipinski definition) is 3. The lowest BCUT2D eigenvalue weighted by atomic mass is 9.94. The lowest BCUT2D eigenvalue weighted by Gasteiger charge is -2.28. The van der Waals surface area contributed by atoms with Crippen molar-refractivity contribution in [2.24, 2.45) is 5.92 Å². The monoisotopic (exact) mass is 226 g/mol. The topological polar surface area (TPSA) is 35.5 Å². The molecule has 2 aliphatic rings. The molecule has 2 rings (SSSR count). The summed E-state index contributed by atoms with van der Waals surface area (Å²) in [6.07, 6.45) is 8.93. The van der Waals surface area contributed by atoms with E-state index in [0.29, 0.717) is 0 Å². The van der Waals surface area contributed by atoms with Crippen LogP contribution < -0.4 is 0 Å². The molecule has 3 heteroatoms. The van der Waals surface area contributed by atoms with Gasteiger partial charge < -0.3 is 9.47 Å². The van der Waals surface area contributed by atoms with Crippen LogP contribution in [0.15, 0.2) is 0 Å². The molecule has 2 unspecified atom stereocenters. The van der Waals surface area contributed by atoms with E-state index in [1.54, 1.807) is 7.11 Å². The third kappa shape index (κ3) is 2.97. The summed E-state index contributed by atoms with van der Waals surface area (Å²) >= 11 is 0. The van der Waals surface area contributed by atoms with Gasteiger partial charge in [0.1, 0.15) is 6.10 Å². The number of rotatable bonds is 3. The van der Waals surface area contributed by atoms with E-state index in [2.05, 4.69) is 0 Å².